The Morgan fingerprint density at radius 2 is 1.95 bits per heavy atom. The highest BCUT2D eigenvalue weighted by Gasteiger charge is 2.35. The van der Waals surface area contributed by atoms with Crippen LogP contribution < -0.4 is 0 Å². The second kappa shape index (κ2) is 5.31. The second-order valence-corrected chi connectivity index (χ2v) is 6.01. The van der Waals surface area contributed by atoms with Gasteiger partial charge in [0.25, 0.3) is 5.91 Å². The Balaban J connectivity index is 2.34. The summed E-state index contributed by atoms with van der Waals surface area (Å²) in [5, 5.41) is 9.13. The molecule has 0 unspecified atom stereocenters. The number of amides is 1. The molecule has 1 amide bonds. The summed E-state index contributed by atoms with van der Waals surface area (Å²) in [5.74, 6) is -0.663. The van der Waals surface area contributed by atoms with Crippen LogP contribution >= 0.6 is 0 Å². The Labute approximate surface area is 119 Å². The highest BCUT2D eigenvalue weighted by atomic mass is 16.4. The number of rotatable bonds is 5. The normalized spacial score (nSPS) is 14.7. The summed E-state index contributed by atoms with van der Waals surface area (Å²) in [6.45, 7) is 8.34. The van der Waals surface area contributed by atoms with E-state index in [4.69, 9.17) is 5.11 Å². The zero-order chi connectivity index (χ0) is 15.0. The van der Waals surface area contributed by atoms with Gasteiger partial charge >= 0.3 is 5.97 Å². The monoisotopic (exact) mass is 278 g/mol. The van der Waals surface area contributed by atoms with Crippen LogP contribution in [-0.4, -0.2) is 39.5 Å². The summed E-state index contributed by atoms with van der Waals surface area (Å²) in [4.78, 5) is 28.6. The van der Waals surface area contributed by atoms with Crippen molar-refractivity contribution in [2.45, 2.75) is 46.6 Å². The summed E-state index contributed by atoms with van der Waals surface area (Å²) < 4.78 is 0. The number of nitrogens with zero attached hydrogens (tertiary/aromatic N) is 1. The van der Waals surface area contributed by atoms with Gasteiger partial charge in [-0.05, 0) is 38.2 Å². The van der Waals surface area contributed by atoms with Gasteiger partial charge in [-0.3, -0.25) is 4.79 Å². The minimum Gasteiger partial charge on any atom is -0.477 e. The first-order chi connectivity index (χ1) is 9.32. The van der Waals surface area contributed by atoms with E-state index in [9.17, 15) is 9.59 Å². The first kappa shape index (κ1) is 14.6. The maximum Gasteiger partial charge on any atom is 0.352 e. The largest absolute Gasteiger partial charge is 0.477 e. The maximum absolute atomic E-state index is 12.8. The third kappa shape index (κ3) is 2.71. The van der Waals surface area contributed by atoms with E-state index in [1.165, 1.54) is 0 Å². The van der Waals surface area contributed by atoms with Crippen molar-refractivity contribution in [3.8, 4) is 0 Å². The van der Waals surface area contributed by atoms with Crippen LogP contribution in [0.15, 0.2) is 0 Å². The lowest BCUT2D eigenvalue weighted by molar-refractivity contribution is 0.0690. The fourth-order valence-corrected chi connectivity index (χ4v) is 2.61. The number of hydrogen-bond donors (Lipinski definition) is 2. The Kier molecular flexibility index (Phi) is 3.88. The molecule has 2 N–H and O–H groups in total. The number of nitrogens with one attached hydrogen (secondary N) is 1. The number of H-pyrrole nitrogens is 1. The summed E-state index contributed by atoms with van der Waals surface area (Å²) in [6, 6.07) is 0.326. The fourth-order valence-electron chi connectivity index (χ4n) is 2.61. The van der Waals surface area contributed by atoms with Crippen LogP contribution in [0.3, 0.4) is 0 Å². The maximum atomic E-state index is 12.8. The summed E-state index contributed by atoms with van der Waals surface area (Å²) in [5.41, 5.74) is 1.81. The number of aromatic amines is 1. The number of carbonyl (C=O) groups is 2. The molecule has 1 aliphatic rings. The molecule has 0 aromatic carbocycles. The van der Waals surface area contributed by atoms with Crippen molar-refractivity contribution in [3.05, 3.63) is 22.5 Å². The second-order valence-electron chi connectivity index (χ2n) is 6.01. The highest BCUT2D eigenvalue weighted by Crippen LogP contribution is 2.31. The smallest absolute Gasteiger partial charge is 0.352 e. The van der Waals surface area contributed by atoms with Crippen LogP contribution in [0.1, 0.15) is 58.8 Å². The van der Waals surface area contributed by atoms with Crippen molar-refractivity contribution in [2.24, 2.45) is 5.92 Å². The molecule has 0 saturated heterocycles. The van der Waals surface area contributed by atoms with Crippen LogP contribution in [0.2, 0.25) is 0 Å². The minimum absolute atomic E-state index is 0.0417. The van der Waals surface area contributed by atoms with Gasteiger partial charge in [0.2, 0.25) is 0 Å². The zero-order valence-corrected chi connectivity index (χ0v) is 12.5. The predicted molar refractivity (Wildman–Crippen MR) is 76.1 cm³/mol. The van der Waals surface area contributed by atoms with E-state index in [2.05, 4.69) is 18.8 Å². The molecule has 0 spiro atoms. The number of aryl methyl sites for hydroxylation is 1. The van der Waals surface area contributed by atoms with E-state index in [0.717, 1.165) is 19.4 Å². The Hall–Kier alpha value is -1.78. The van der Waals surface area contributed by atoms with Crippen molar-refractivity contribution in [1.29, 1.82) is 0 Å². The molecule has 1 saturated carbocycles. The van der Waals surface area contributed by atoms with Gasteiger partial charge < -0.3 is 15.0 Å². The molecule has 1 aromatic rings. The van der Waals surface area contributed by atoms with E-state index in [1.54, 1.807) is 13.8 Å². The van der Waals surface area contributed by atoms with Gasteiger partial charge in [0.1, 0.15) is 5.69 Å². The Bertz CT molecular complexity index is 542. The average Bonchev–Trinajstić information content (AvgIpc) is 3.12. The van der Waals surface area contributed by atoms with Crippen LogP contribution in [-0.2, 0) is 0 Å². The molecule has 20 heavy (non-hydrogen) atoms. The standard InChI is InChI=1S/C15H22N2O3/c1-8(2)7-17(11-5-6-11)14(18)12-9(3)13(15(19)20)16-10(12)4/h8,11,16H,5-7H2,1-4H3,(H,19,20). The summed E-state index contributed by atoms with van der Waals surface area (Å²) in [7, 11) is 0. The summed E-state index contributed by atoms with van der Waals surface area (Å²) in [6.07, 6.45) is 2.10. The van der Waals surface area contributed by atoms with Crippen LogP contribution in [0.4, 0.5) is 0 Å². The molecular weight excluding hydrogens is 256 g/mol. The molecule has 2 rings (SSSR count). The molecule has 0 radical (unpaired) electrons. The molecule has 0 atom stereocenters. The van der Waals surface area contributed by atoms with Gasteiger partial charge in [-0.25, -0.2) is 4.79 Å². The number of aromatic carboxylic acids is 1. The topological polar surface area (TPSA) is 73.4 Å². The lowest BCUT2D eigenvalue weighted by atomic mass is 10.1. The Morgan fingerprint density at radius 3 is 2.35 bits per heavy atom. The summed E-state index contributed by atoms with van der Waals surface area (Å²) >= 11 is 0. The van der Waals surface area contributed by atoms with Crippen LogP contribution in [0, 0.1) is 19.8 Å². The minimum atomic E-state index is -1.02. The van der Waals surface area contributed by atoms with E-state index < -0.39 is 5.97 Å². The molecule has 0 bridgehead atoms. The van der Waals surface area contributed by atoms with E-state index in [-0.39, 0.29) is 11.6 Å². The van der Waals surface area contributed by atoms with Gasteiger partial charge in [0.05, 0.1) is 5.56 Å². The van der Waals surface area contributed by atoms with E-state index in [1.807, 2.05) is 4.90 Å². The number of hydrogen-bond acceptors (Lipinski definition) is 2. The number of aromatic nitrogens is 1. The van der Waals surface area contributed by atoms with Crippen molar-refractivity contribution >= 4 is 11.9 Å². The SMILES string of the molecule is Cc1[nH]c(C(=O)O)c(C)c1C(=O)N(CC(C)C)C1CC1. The lowest BCUT2D eigenvalue weighted by Gasteiger charge is -2.24. The molecule has 0 aliphatic heterocycles. The molecule has 1 aliphatic carbocycles. The molecule has 5 nitrogen and oxygen atoms in total. The third-order valence-corrected chi connectivity index (χ3v) is 3.68. The van der Waals surface area contributed by atoms with Crippen molar-refractivity contribution in [3.63, 3.8) is 0 Å². The highest BCUT2D eigenvalue weighted by molar-refractivity contribution is 6.01. The average molecular weight is 278 g/mol. The quantitative estimate of drug-likeness (QED) is 0.869. The first-order valence-corrected chi connectivity index (χ1v) is 7.06. The zero-order valence-electron chi connectivity index (χ0n) is 12.5. The van der Waals surface area contributed by atoms with Gasteiger partial charge in [-0.1, -0.05) is 13.8 Å². The van der Waals surface area contributed by atoms with Gasteiger partial charge in [-0.15, -0.1) is 0 Å². The van der Waals surface area contributed by atoms with Gasteiger partial charge in [0.15, 0.2) is 0 Å². The molecule has 5 heteroatoms. The third-order valence-electron chi connectivity index (χ3n) is 3.68. The van der Waals surface area contributed by atoms with Crippen molar-refractivity contribution < 1.29 is 14.7 Å². The van der Waals surface area contributed by atoms with E-state index >= 15 is 0 Å². The molecule has 1 aromatic heterocycles. The number of carboxylic acid groups (broad SMARTS) is 1. The lowest BCUT2D eigenvalue weighted by Crippen LogP contribution is -2.36. The van der Waals surface area contributed by atoms with Crippen LogP contribution in [0.5, 0.6) is 0 Å². The molecule has 110 valence electrons. The molecule has 1 fully saturated rings. The van der Waals surface area contributed by atoms with Crippen molar-refractivity contribution in [1.82, 2.24) is 9.88 Å². The van der Waals surface area contributed by atoms with Gasteiger partial charge in [-0.2, -0.15) is 0 Å². The molecular formula is C15H22N2O3. The van der Waals surface area contributed by atoms with Crippen molar-refractivity contribution in [2.75, 3.05) is 6.54 Å². The van der Waals surface area contributed by atoms with Gasteiger partial charge in [0, 0.05) is 18.3 Å². The number of carbonyl (C=O) groups excluding carboxylic acids is 1. The van der Waals surface area contributed by atoms with E-state index in [0.29, 0.717) is 28.8 Å². The first-order valence-electron chi connectivity index (χ1n) is 7.06. The number of carboxylic acids is 1. The molecule has 1 heterocycles. The fraction of sp³-hybridized carbons (Fsp3) is 0.600. The van der Waals surface area contributed by atoms with Crippen LogP contribution in [0.25, 0.3) is 0 Å². The predicted octanol–water partition coefficient (Wildman–Crippen LogP) is 2.59. The Morgan fingerprint density at radius 1 is 1.35 bits per heavy atom.